The molecule has 0 aliphatic heterocycles. The maximum absolute atomic E-state index is 14.5. The highest BCUT2D eigenvalue weighted by Crippen LogP contribution is 2.34. The largest absolute Gasteiger partial charge is 0.494 e. The lowest BCUT2D eigenvalue weighted by atomic mass is 10.1. The van der Waals surface area contributed by atoms with Crippen molar-refractivity contribution in [2.24, 2.45) is 0 Å². The van der Waals surface area contributed by atoms with Gasteiger partial charge in [0.05, 0.1) is 23.4 Å². The van der Waals surface area contributed by atoms with Crippen molar-refractivity contribution in [2.75, 3.05) is 12.8 Å². The molecule has 0 aliphatic rings. The fourth-order valence-electron chi connectivity index (χ4n) is 4.33. The van der Waals surface area contributed by atoms with Gasteiger partial charge < -0.3 is 10.5 Å². The predicted octanol–water partition coefficient (Wildman–Crippen LogP) is 3.95. The molecule has 5 rings (SSSR count). The molecule has 1 atom stereocenters. The lowest BCUT2D eigenvalue weighted by molar-refractivity contribution is 0.386. The van der Waals surface area contributed by atoms with E-state index >= 15 is 0 Å². The number of methoxy groups -OCH3 is 1. The normalized spacial score (nSPS) is 12.3. The van der Waals surface area contributed by atoms with Crippen molar-refractivity contribution in [3.8, 4) is 17.0 Å². The minimum Gasteiger partial charge on any atom is -0.494 e. The second-order valence-corrected chi connectivity index (χ2v) is 8.22. The Hall–Kier alpha value is -4.34. The van der Waals surface area contributed by atoms with Crippen molar-refractivity contribution in [3.63, 3.8) is 0 Å². The number of ether oxygens (including phenoxy) is 1. The molecule has 3 aromatic heterocycles. The van der Waals surface area contributed by atoms with Gasteiger partial charge in [0.15, 0.2) is 17.2 Å². The third-order valence-electron chi connectivity index (χ3n) is 6.02. The molecule has 2 N–H and O–H groups in total. The number of hydrogen-bond acceptors (Lipinski definition) is 7. The van der Waals surface area contributed by atoms with Gasteiger partial charge in [-0.05, 0) is 43.7 Å². The average Bonchev–Trinajstić information content (AvgIpc) is 3.26. The van der Waals surface area contributed by atoms with Crippen LogP contribution in [0.25, 0.3) is 33.2 Å². The van der Waals surface area contributed by atoms with E-state index in [0.29, 0.717) is 45.6 Å². The fourth-order valence-corrected chi connectivity index (χ4v) is 4.33. The lowest BCUT2D eigenvalue weighted by Crippen LogP contribution is -2.28. The molecule has 0 saturated heterocycles. The van der Waals surface area contributed by atoms with Gasteiger partial charge in [0, 0.05) is 12.1 Å². The first-order valence-electron chi connectivity index (χ1n) is 11.3. The first kappa shape index (κ1) is 22.5. The standard InChI is InChI=1S/C25H24FN7O2/c1-4-11-32-23(30-18-8-6-5-7-16(18)25(32)34)14(2)33-24-20(22(27)28-13-29-24)21(31-33)15-9-10-19(35-3)17(26)12-15/h5-10,12-14H,4,11H2,1-3H3,(H2,27,28,29). The molecule has 0 aliphatic carbocycles. The number of hydrogen-bond donors (Lipinski definition) is 1. The van der Waals surface area contributed by atoms with E-state index in [4.69, 9.17) is 20.6 Å². The van der Waals surface area contributed by atoms with E-state index in [1.54, 1.807) is 21.4 Å². The van der Waals surface area contributed by atoms with Crippen molar-refractivity contribution in [1.29, 1.82) is 0 Å². The van der Waals surface area contributed by atoms with Crippen LogP contribution >= 0.6 is 0 Å². The number of rotatable bonds is 6. The summed E-state index contributed by atoms with van der Waals surface area (Å²) >= 11 is 0. The highest BCUT2D eigenvalue weighted by atomic mass is 19.1. The van der Waals surface area contributed by atoms with Gasteiger partial charge in [-0.3, -0.25) is 9.36 Å². The highest BCUT2D eigenvalue weighted by Gasteiger charge is 2.25. The van der Waals surface area contributed by atoms with Gasteiger partial charge in [-0.2, -0.15) is 5.10 Å². The molecule has 0 amide bonds. The van der Waals surface area contributed by atoms with Gasteiger partial charge in [-0.25, -0.2) is 24.0 Å². The predicted molar refractivity (Wildman–Crippen MR) is 132 cm³/mol. The van der Waals surface area contributed by atoms with Crippen LogP contribution in [0.1, 0.15) is 32.1 Å². The number of benzene rings is 2. The van der Waals surface area contributed by atoms with E-state index in [9.17, 15) is 9.18 Å². The maximum atomic E-state index is 14.5. The number of halogens is 1. The van der Waals surface area contributed by atoms with E-state index in [2.05, 4.69) is 9.97 Å². The van der Waals surface area contributed by atoms with E-state index in [1.807, 2.05) is 32.0 Å². The Labute approximate surface area is 200 Å². The summed E-state index contributed by atoms with van der Waals surface area (Å²) in [7, 11) is 1.40. The van der Waals surface area contributed by atoms with Crippen molar-refractivity contribution in [3.05, 3.63) is 70.8 Å². The Kier molecular flexibility index (Phi) is 5.64. The summed E-state index contributed by atoms with van der Waals surface area (Å²) < 4.78 is 22.9. The first-order valence-corrected chi connectivity index (χ1v) is 11.3. The number of nitrogen functional groups attached to an aromatic ring is 1. The molecule has 1 unspecified atom stereocenters. The van der Waals surface area contributed by atoms with Gasteiger partial charge in [-0.1, -0.05) is 19.1 Å². The molecule has 178 valence electrons. The smallest absolute Gasteiger partial charge is 0.261 e. The summed E-state index contributed by atoms with van der Waals surface area (Å²) in [5.41, 5.74) is 8.11. The summed E-state index contributed by atoms with van der Waals surface area (Å²) in [6, 6.07) is 11.4. The molecule has 5 aromatic rings. The summed E-state index contributed by atoms with van der Waals surface area (Å²) in [5, 5.41) is 5.83. The molecule has 0 bridgehead atoms. The van der Waals surface area contributed by atoms with Crippen molar-refractivity contribution in [1.82, 2.24) is 29.3 Å². The van der Waals surface area contributed by atoms with Gasteiger partial charge in [0.1, 0.15) is 29.7 Å². The van der Waals surface area contributed by atoms with Gasteiger partial charge in [0.2, 0.25) is 0 Å². The summed E-state index contributed by atoms with van der Waals surface area (Å²) in [6.45, 7) is 4.40. The van der Waals surface area contributed by atoms with Gasteiger partial charge in [-0.15, -0.1) is 0 Å². The summed E-state index contributed by atoms with van der Waals surface area (Å²) in [5.74, 6) is 0.366. The van der Waals surface area contributed by atoms with Gasteiger partial charge >= 0.3 is 0 Å². The van der Waals surface area contributed by atoms with Crippen LogP contribution < -0.4 is 16.0 Å². The average molecular weight is 474 g/mol. The Balaban J connectivity index is 1.75. The zero-order valence-corrected chi connectivity index (χ0v) is 19.6. The molecule has 0 radical (unpaired) electrons. The Bertz CT molecular complexity index is 1630. The van der Waals surface area contributed by atoms with Crippen molar-refractivity contribution >= 4 is 27.8 Å². The Morgan fingerprint density at radius 1 is 1.17 bits per heavy atom. The molecule has 35 heavy (non-hydrogen) atoms. The topological polar surface area (TPSA) is 114 Å². The van der Waals surface area contributed by atoms with Crippen LogP contribution in [0.4, 0.5) is 10.2 Å². The van der Waals surface area contributed by atoms with Crippen molar-refractivity contribution in [2.45, 2.75) is 32.9 Å². The molecular formula is C25H24FN7O2. The summed E-state index contributed by atoms with van der Waals surface area (Å²) in [6.07, 6.45) is 2.11. The third-order valence-corrected chi connectivity index (χ3v) is 6.02. The second kappa shape index (κ2) is 8.79. The van der Waals surface area contributed by atoms with Crippen LogP contribution in [0.15, 0.2) is 53.6 Å². The quantitative estimate of drug-likeness (QED) is 0.397. The third kappa shape index (κ3) is 3.67. The molecule has 0 spiro atoms. The summed E-state index contributed by atoms with van der Waals surface area (Å²) in [4.78, 5) is 26.7. The number of para-hydroxylation sites is 1. The Morgan fingerprint density at radius 3 is 2.71 bits per heavy atom. The van der Waals surface area contributed by atoms with Crippen LogP contribution in [0.2, 0.25) is 0 Å². The minimum atomic E-state index is -0.524. The minimum absolute atomic E-state index is 0.109. The molecule has 0 fully saturated rings. The number of aromatic nitrogens is 6. The highest BCUT2D eigenvalue weighted by molar-refractivity contribution is 5.98. The SMILES string of the molecule is CCCn1c(C(C)n2nc(-c3ccc(OC)c(F)c3)c3c(N)ncnc32)nc2ccccc2c1=O. The van der Waals surface area contributed by atoms with E-state index in [1.165, 1.54) is 25.6 Å². The monoisotopic (exact) mass is 473 g/mol. The molecule has 0 saturated carbocycles. The fraction of sp³-hybridized carbons (Fsp3) is 0.240. The van der Waals surface area contributed by atoms with Crippen LogP contribution in [0.5, 0.6) is 5.75 Å². The van der Waals surface area contributed by atoms with Crippen LogP contribution in [0, 0.1) is 5.82 Å². The molecule has 9 nitrogen and oxygen atoms in total. The number of fused-ring (bicyclic) bond motifs is 2. The number of anilines is 1. The van der Waals surface area contributed by atoms with E-state index in [0.717, 1.165) is 6.42 Å². The number of nitrogens with two attached hydrogens (primary N) is 1. The zero-order valence-electron chi connectivity index (χ0n) is 19.6. The lowest BCUT2D eigenvalue weighted by Gasteiger charge is -2.19. The zero-order chi connectivity index (χ0) is 24.7. The maximum Gasteiger partial charge on any atom is 0.261 e. The van der Waals surface area contributed by atoms with Crippen LogP contribution in [-0.4, -0.2) is 36.4 Å². The van der Waals surface area contributed by atoms with Crippen LogP contribution in [0.3, 0.4) is 0 Å². The molecular weight excluding hydrogens is 449 g/mol. The van der Waals surface area contributed by atoms with Gasteiger partial charge in [0.25, 0.3) is 5.56 Å². The first-order chi connectivity index (χ1) is 16.9. The van der Waals surface area contributed by atoms with E-state index in [-0.39, 0.29) is 17.1 Å². The second-order valence-electron chi connectivity index (χ2n) is 8.22. The molecule has 2 aromatic carbocycles. The van der Waals surface area contributed by atoms with E-state index < -0.39 is 11.9 Å². The van der Waals surface area contributed by atoms with Crippen LogP contribution in [-0.2, 0) is 6.54 Å². The van der Waals surface area contributed by atoms with Crippen molar-refractivity contribution < 1.29 is 9.13 Å². The molecule has 10 heteroatoms. The molecule has 3 heterocycles. The Morgan fingerprint density at radius 2 is 1.97 bits per heavy atom. The number of nitrogens with zero attached hydrogens (tertiary/aromatic N) is 6.